The Balaban J connectivity index is 3.07. The zero-order chi connectivity index (χ0) is 11.5. The highest BCUT2D eigenvalue weighted by atomic mass is 15.1. The largest absolute Gasteiger partial charge is 0.382 e. The molecule has 0 unspecified atom stereocenters. The van der Waals surface area contributed by atoms with E-state index in [9.17, 15) is 0 Å². The van der Waals surface area contributed by atoms with Crippen molar-refractivity contribution in [2.45, 2.75) is 0 Å². The lowest BCUT2D eigenvalue weighted by molar-refractivity contribution is 1.11. The molecule has 16 heavy (non-hydrogen) atoms. The van der Waals surface area contributed by atoms with E-state index in [-0.39, 0.29) is 0 Å². The fraction of sp³-hybridized carbons (Fsp3) is 0. The van der Waals surface area contributed by atoms with E-state index >= 15 is 0 Å². The molecule has 4 nitrogen and oxygen atoms in total. The third-order valence-electron chi connectivity index (χ3n) is 2.26. The summed E-state index contributed by atoms with van der Waals surface area (Å²) in [6.45, 7) is 7.34. The molecule has 0 fully saturated rings. The second kappa shape index (κ2) is 4.02. The van der Waals surface area contributed by atoms with Crippen molar-refractivity contribution in [3.8, 4) is 0 Å². The molecule has 2 rings (SSSR count). The number of aromatic amines is 1. The minimum atomic E-state index is 0.432. The average molecular weight is 212 g/mol. The van der Waals surface area contributed by atoms with Crippen LogP contribution in [0.4, 0.5) is 5.82 Å². The smallest absolute Gasteiger partial charge is 0.150 e. The first-order chi connectivity index (χ1) is 7.77. The molecule has 0 saturated carbocycles. The van der Waals surface area contributed by atoms with Gasteiger partial charge in [-0.15, -0.1) is 0 Å². The minimum absolute atomic E-state index is 0.432. The summed E-state index contributed by atoms with van der Waals surface area (Å²) in [5, 5.41) is 9.43. The van der Waals surface area contributed by atoms with Crippen LogP contribution in [0.3, 0.4) is 0 Å². The van der Waals surface area contributed by atoms with Gasteiger partial charge in [0.15, 0.2) is 0 Å². The van der Waals surface area contributed by atoms with Crippen LogP contribution in [-0.2, 0) is 0 Å². The molecule has 80 valence electrons. The highest BCUT2D eigenvalue weighted by Crippen LogP contribution is 2.08. The van der Waals surface area contributed by atoms with E-state index in [1.807, 2.05) is 6.08 Å². The van der Waals surface area contributed by atoms with Crippen molar-refractivity contribution in [1.82, 2.24) is 15.2 Å². The first-order valence-electron chi connectivity index (χ1n) is 4.82. The van der Waals surface area contributed by atoms with Crippen LogP contribution >= 0.6 is 0 Å². The second-order valence-electron chi connectivity index (χ2n) is 3.26. The average Bonchev–Trinajstić information content (AvgIpc) is 2.73. The van der Waals surface area contributed by atoms with Crippen molar-refractivity contribution in [1.29, 1.82) is 0 Å². The van der Waals surface area contributed by atoms with Crippen LogP contribution in [0.25, 0.3) is 23.1 Å². The summed E-state index contributed by atoms with van der Waals surface area (Å²) in [5.41, 5.74) is 6.57. The number of pyridine rings is 1. The zero-order valence-corrected chi connectivity index (χ0v) is 8.77. The van der Waals surface area contributed by atoms with Gasteiger partial charge in [0.2, 0.25) is 0 Å². The molecule has 0 bridgehead atoms. The quantitative estimate of drug-likeness (QED) is 0.760. The number of H-pyrrole nitrogens is 1. The zero-order valence-electron chi connectivity index (χ0n) is 8.77. The van der Waals surface area contributed by atoms with Gasteiger partial charge in [-0.2, -0.15) is 5.10 Å². The Bertz CT molecular complexity index is 664. The Morgan fingerprint density at radius 2 is 2.00 bits per heavy atom. The highest BCUT2D eigenvalue weighted by molar-refractivity contribution is 5.87. The van der Waals surface area contributed by atoms with Crippen LogP contribution in [0.2, 0.25) is 0 Å². The summed E-state index contributed by atoms with van der Waals surface area (Å²) in [7, 11) is 0. The lowest BCUT2D eigenvalue weighted by Gasteiger charge is -1.96. The van der Waals surface area contributed by atoms with Crippen molar-refractivity contribution in [2.75, 3.05) is 5.73 Å². The number of anilines is 1. The van der Waals surface area contributed by atoms with Crippen molar-refractivity contribution in [3.05, 3.63) is 42.1 Å². The lowest BCUT2D eigenvalue weighted by Crippen LogP contribution is -2.29. The summed E-state index contributed by atoms with van der Waals surface area (Å²) in [4.78, 5) is 4.28. The molecule has 0 aliphatic heterocycles. The van der Waals surface area contributed by atoms with Gasteiger partial charge in [0, 0.05) is 10.6 Å². The number of rotatable bonds is 2. The van der Waals surface area contributed by atoms with Crippen molar-refractivity contribution in [2.24, 2.45) is 0 Å². The minimum Gasteiger partial charge on any atom is -0.382 e. The molecule has 2 aromatic heterocycles. The Labute approximate surface area is 92.5 Å². The third-order valence-corrected chi connectivity index (χ3v) is 2.26. The molecule has 0 radical (unpaired) electrons. The Kier molecular flexibility index (Phi) is 2.55. The number of hydrogen-bond acceptors (Lipinski definition) is 3. The lowest BCUT2D eigenvalue weighted by atomic mass is 10.2. The number of nitrogens with one attached hydrogen (secondary N) is 1. The molecule has 3 N–H and O–H groups in total. The van der Waals surface area contributed by atoms with Crippen molar-refractivity contribution >= 4 is 28.9 Å². The van der Waals surface area contributed by atoms with E-state index in [0.717, 1.165) is 21.5 Å². The Morgan fingerprint density at radius 1 is 1.25 bits per heavy atom. The maximum atomic E-state index is 5.82. The molecule has 0 aromatic carbocycles. The SMILES string of the molecule is C=C/C=c1\c(=C/C=C)nc(N)c2[nH]ncc12. The van der Waals surface area contributed by atoms with Crippen LogP contribution in [0.5, 0.6) is 0 Å². The summed E-state index contributed by atoms with van der Waals surface area (Å²) >= 11 is 0. The van der Waals surface area contributed by atoms with E-state index < -0.39 is 0 Å². The van der Waals surface area contributed by atoms with Gasteiger partial charge in [-0.3, -0.25) is 5.10 Å². The van der Waals surface area contributed by atoms with Crippen LogP contribution < -0.4 is 16.3 Å². The molecule has 0 aliphatic rings. The fourth-order valence-corrected chi connectivity index (χ4v) is 1.60. The van der Waals surface area contributed by atoms with Gasteiger partial charge >= 0.3 is 0 Å². The molecular formula is C12H12N4. The molecule has 2 heterocycles. The topological polar surface area (TPSA) is 67.6 Å². The molecule has 4 heteroatoms. The first-order valence-corrected chi connectivity index (χ1v) is 4.82. The van der Waals surface area contributed by atoms with Gasteiger partial charge in [-0.05, 0) is 6.08 Å². The van der Waals surface area contributed by atoms with Gasteiger partial charge in [-0.25, -0.2) is 4.98 Å². The number of hydrogen-bond donors (Lipinski definition) is 2. The van der Waals surface area contributed by atoms with E-state index in [1.54, 1.807) is 24.4 Å². The summed E-state index contributed by atoms with van der Waals surface area (Å²) in [5.74, 6) is 0.432. The van der Waals surface area contributed by atoms with E-state index in [2.05, 4.69) is 28.3 Å². The van der Waals surface area contributed by atoms with Crippen LogP contribution in [0, 0.1) is 0 Å². The molecule has 0 spiro atoms. The van der Waals surface area contributed by atoms with E-state index in [1.165, 1.54) is 0 Å². The van der Waals surface area contributed by atoms with Crippen LogP contribution in [-0.4, -0.2) is 15.2 Å². The van der Waals surface area contributed by atoms with Crippen LogP contribution in [0.15, 0.2) is 31.5 Å². The maximum Gasteiger partial charge on any atom is 0.150 e. The monoisotopic (exact) mass is 212 g/mol. The number of fused-ring (bicyclic) bond motifs is 1. The maximum absolute atomic E-state index is 5.82. The molecule has 0 saturated heterocycles. The fourth-order valence-electron chi connectivity index (χ4n) is 1.60. The van der Waals surface area contributed by atoms with Crippen LogP contribution in [0.1, 0.15) is 0 Å². The van der Waals surface area contributed by atoms with Gasteiger partial charge in [0.25, 0.3) is 0 Å². The Morgan fingerprint density at radius 3 is 2.69 bits per heavy atom. The second-order valence-corrected chi connectivity index (χ2v) is 3.26. The van der Waals surface area contributed by atoms with Gasteiger partial charge in [0.05, 0.1) is 11.5 Å². The van der Waals surface area contributed by atoms with E-state index in [4.69, 9.17) is 5.73 Å². The number of aromatic nitrogens is 3. The molecule has 2 aromatic rings. The number of nitrogens with two attached hydrogens (primary N) is 1. The molecule has 0 amide bonds. The number of nitrogen functional groups attached to an aromatic ring is 1. The number of nitrogens with zero attached hydrogens (tertiary/aromatic N) is 2. The third kappa shape index (κ3) is 1.50. The number of allylic oxidation sites excluding steroid dienone is 2. The summed E-state index contributed by atoms with van der Waals surface area (Å²) in [6.07, 6.45) is 8.79. The van der Waals surface area contributed by atoms with Crippen molar-refractivity contribution < 1.29 is 0 Å². The van der Waals surface area contributed by atoms with Gasteiger partial charge < -0.3 is 5.73 Å². The Hall–Kier alpha value is -2.36. The normalized spacial score (nSPS) is 13.2. The van der Waals surface area contributed by atoms with Gasteiger partial charge in [0.1, 0.15) is 11.3 Å². The molecule has 0 atom stereocenters. The standard InChI is InChI=1S/C12H12N4/c1-3-5-8-9-7-14-16-11(9)12(13)15-10(8)6-4-2/h3-7H,1-2H2,(H2,13,15)(H,14,16)/b8-5-,10-6+. The molecule has 0 aliphatic carbocycles. The van der Waals surface area contributed by atoms with E-state index in [0.29, 0.717) is 5.82 Å². The first kappa shape index (κ1) is 10.2. The predicted molar refractivity (Wildman–Crippen MR) is 66.9 cm³/mol. The summed E-state index contributed by atoms with van der Waals surface area (Å²) < 4.78 is 0. The van der Waals surface area contributed by atoms with Gasteiger partial charge in [-0.1, -0.05) is 31.4 Å². The predicted octanol–water partition coefficient (Wildman–Crippen LogP) is 0.473. The van der Waals surface area contributed by atoms with Crippen molar-refractivity contribution in [3.63, 3.8) is 0 Å². The summed E-state index contributed by atoms with van der Waals surface area (Å²) in [6, 6.07) is 0. The molecular weight excluding hydrogens is 200 g/mol. The highest BCUT2D eigenvalue weighted by Gasteiger charge is 2.03.